The zero-order valence-corrected chi connectivity index (χ0v) is 26.9. The molecule has 0 bridgehead atoms. The molecule has 3 aromatic carbocycles. The second-order valence-corrected chi connectivity index (χ2v) is 10.6. The number of hydrogen-bond acceptors (Lipinski definition) is 11. The Labute approximate surface area is 269 Å². The van der Waals surface area contributed by atoms with E-state index in [-0.39, 0.29) is 70.5 Å². The molecule has 18 heteroatoms. The minimum atomic E-state index is -5.29. The molecule has 0 aliphatic heterocycles. The van der Waals surface area contributed by atoms with E-state index in [1.807, 2.05) is 0 Å². The molecule has 0 spiro atoms. The SMILES string of the molecule is O=[N+]([O-])c1ccc(N=NC(=NNc2ccc(I)cc2)c2ccc(S(=O)(=O)[O-])cc2S(=O)(=O)[O-])cc1.[Na+].[Na+]. The second-order valence-electron chi connectivity index (χ2n) is 6.59. The molecule has 0 heterocycles. The maximum atomic E-state index is 11.9. The molecule has 182 valence electrons. The molecule has 3 rings (SSSR count). The Bertz CT molecular complexity index is 1550. The van der Waals surface area contributed by atoms with Crippen molar-refractivity contribution in [2.75, 3.05) is 5.43 Å². The second kappa shape index (κ2) is 14.2. The van der Waals surface area contributed by atoms with Gasteiger partial charge in [0.25, 0.3) is 5.69 Å². The summed E-state index contributed by atoms with van der Waals surface area (Å²) < 4.78 is 70.5. The van der Waals surface area contributed by atoms with Crippen LogP contribution < -0.4 is 64.5 Å². The van der Waals surface area contributed by atoms with E-state index < -0.39 is 46.3 Å². The van der Waals surface area contributed by atoms with Gasteiger partial charge in [0, 0.05) is 21.3 Å². The van der Waals surface area contributed by atoms with Crippen molar-refractivity contribution in [1.82, 2.24) is 0 Å². The fourth-order valence-electron chi connectivity index (χ4n) is 2.57. The number of amidine groups is 1. The van der Waals surface area contributed by atoms with Crippen molar-refractivity contribution in [3.8, 4) is 0 Å². The van der Waals surface area contributed by atoms with Crippen LogP contribution in [0.1, 0.15) is 5.56 Å². The number of rotatable bonds is 7. The van der Waals surface area contributed by atoms with Gasteiger partial charge in [0.15, 0.2) is 0 Å². The van der Waals surface area contributed by atoms with Gasteiger partial charge in [-0.25, -0.2) is 16.8 Å². The summed E-state index contributed by atoms with van der Waals surface area (Å²) in [4.78, 5) is 8.20. The van der Waals surface area contributed by atoms with E-state index in [9.17, 15) is 36.1 Å². The number of nitro benzene ring substituents is 1. The molecule has 0 radical (unpaired) electrons. The summed E-state index contributed by atoms with van der Waals surface area (Å²) in [5.74, 6) is -0.453. The maximum Gasteiger partial charge on any atom is 1.00 e. The van der Waals surface area contributed by atoms with Crippen molar-refractivity contribution in [3.63, 3.8) is 0 Å². The van der Waals surface area contributed by atoms with E-state index in [1.165, 1.54) is 12.1 Å². The van der Waals surface area contributed by atoms with Crippen molar-refractivity contribution in [1.29, 1.82) is 0 Å². The third kappa shape index (κ3) is 9.74. The summed E-state index contributed by atoms with van der Waals surface area (Å²) in [6.45, 7) is 0. The molecule has 0 aromatic heterocycles. The molecular weight excluding hydrogens is 663 g/mol. The van der Waals surface area contributed by atoms with Gasteiger partial charge >= 0.3 is 59.1 Å². The number of nitrogens with one attached hydrogen (secondary N) is 1. The summed E-state index contributed by atoms with van der Waals surface area (Å²) in [5.41, 5.74) is 2.57. The van der Waals surface area contributed by atoms with E-state index in [1.54, 1.807) is 24.3 Å². The third-order valence-corrected chi connectivity index (χ3v) is 6.63. The smallest absolute Gasteiger partial charge is 0.744 e. The molecule has 1 N–H and O–H groups in total. The largest absolute Gasteiger partial charge is 1.00 e. The number of hydrogen-bond donors (Lipinski definition) is 1. The summed E-state index contributed by atoms with van der Waals surface area (Å²) in [6, 6.07) is 13.8. The monoisotopic (exact) mass is 675 g/mol. The fraction of sp³-hybridized carbons (Fsp3) is 0. The predicted molar refractivity (Wildman–Crippen MR) is 129 cm³/mol. The first-order valence-electron chi connectivity index (χ1n) is 9.16. The van der Waals surface area contributed by atoms with Gasteiger partial charge in [-0.2, -0.15) is 5.10 Å². The molecule has 0 unspecified atom stereocenters. The van der Waals surface area contributed by atoms with E-state index in [0.717, 1.165) is 27.8 Å². The van der Waals surface area contributed by atoms with Crippen LogP contribution >= 0.6 is 22.6 Å². The van der Waals surface area contributed by atoms with Crippen LogP contribution in [0.4, 0.5) is 17.1 Å². The number of halogens is 1. The van der Waals surface area contributed by atoms with Crippen molar-refractivity contribution in [2.45, 2.75) is 9.79 Å². The van der Waals surface area contributed by atoms with Gasteiger partial charge < -0.3 is 9.11 Å². The zero-order valence-electron chi connectivity index (χ0n) is 19.1. The van der Waals surface area contributed by atoms with E-state index in [4.69, 9.17) is 0 Å². The van der Waals surface area contributed by atoms with Gasteiger partial charge in [-0.15, -0.1) is 10.2 Å². The molecule has 0 saturated heterocycles. The van der Waals surface area contributed by atoms with E-state index in [0.29, 0.717) is 11.8 Å². The predicted octanol–water partition coefficient (Wildman–Crippen LogP) is -2.43. The average Bonchev–Trinajstić information content (AvgIpc) is 2.79. The molecule has 0 fully saturated rings. The topological polar surface area (TPSA) is 207 Å². The number of non-ortho nitro benzene ring substituents is 1. The number of anilines is 1. The molecule has 0 saturated carbocycles. The van der Waals surface area contributed by atoms with Crippen molar-refractivity contribution in [2.24, 2.45) is 15.3 Å². The van der Waals surface area contributed by atoms with Gasteiger partial charge in [-0.3, -0.25) is 15.5 Å². The molecule has 3 aromatic rings. The first kappa shape index (κ1) is 33.7. The molecule has 0 atom stereocenters. The Morgan fingerprint density at radius 1 is 0.865 bits per heavy atom. The Kier molecular flexibility index (Phi) is 12.9. The Balaban J connectivity index is 0.00000342. The van der Waals surface area contributed by atoms with Gasteiger partial charge in [0.05, 0.1) is 26.1 Å². The number of nitrogens with zero attached hydrogens (tertiary/aromatic N) is 4. The number of benzene rings is 3. The molecule has 37 heavy (non-hydrogen) atoms. The number of azo groups is 1. The Morgan fingerprint density at radius 3 is 1.97 bits per heavy atom. The van der Waals surface area contributed by atoms with Crippen LogP contribution in [-0.4, -0.2) is 36.7 Å². The van der Waals surface area contributed by atoms with E-state index in [2.05, 4.69) is 43.3 Å². The van der Waals surface area contributed by atoms with Crippen LogP contribution in [0.3, 0.4) is 0 Å². The van der Waals surface area contributed by atoms with E-state index >= 15 is 0 Å². The standard InChI is InChI=1S/C19H14IN5O8S2.2Na/c20-12-1-3-13(4-2-12)21-23-19(24-22-14-5-7-15(8-6-14)25(26)27)17-10-9-16(34(28,29)30)11-18(17)35(31,32)33;;/h1-11,21H,(H,28,29,30)(H,31,32,33);;/q;2*+1/p-2. The normalized spacial score (nSPS) is 11.9. The van der Waals surface area contributed by atoms with Gasteiger partial charge in [0.1, 0.15) is 20.2 Å². The molecule has 13 nitrogen and oxygen atoms in total. The van der Waals surface area contributed by atoms with Gasteiger partial charge in [-0.1, -0.05) is 0 Å². The number of nitro groups is 1. The maximum absolute atomic E-state index is 11.9. The summed E-state index contributed by atoms with van der Waals surface area (Å²) >= 11 is 2.08. The molecule has 0 aliphatic carbocycles. The third-order valence-electron chi connectivity index (χ3n) is 4.21. The quantitative estimate of drug-likeness (QED) is 0.0413. The average molecular weight is 675 g/mol. The Hall–Kier alpha value is -1.32. The van der Waals surface area contributed by atoms with Gasteiger partial charge in [-0.05, 0) is 77.2 Å². The van der Waals surface area contributed by atoms with Crippen LogP contribution in [0, 0.1) is 13.7 Å². The Morgan fingerprint density at radius 2 is 1.46 bits per heavy atom. The molecule has 0 amide bonds. The fourth-order valence-corrected chi connectivity index (χ4v) is 4.21. The molecular formula is C19H12IN5Na2O8S2. The summed E-state index contributed by atoms with van der Waals surface area (Å²) in [7, 11) is -10.4. The zero-order chi connectivity index (χ0) is 25.8. The van der Waals surface area contributed by atoms with Gasteiger partial charge in [0.2, 0.25) is 5.84 Å². The van der Waals surface area contributed by atoms with Crippen molar-refractivity contribution >= 4 is 65.7 Å². The van der Waals surface area contributed by atoms with Crippen LogP contribution in [0.2, 0.25) is 0 Å². The first-order valence-corrected chi connectivity index (χ1v) is 13.1. The summed E-state index contributed by atoms with van der Waals surface area (Å²) in [5, 5.41) is 22.5. The first-order chi connectivity index (χ1) is 16.3. The summed E-state index contributed by atoms with van der Waals surface area (Å²) in [6.07, 6.45) is 0. The number of hydrazone groups is 1. The van der Waals surface area contributed by atoms with Crippen molar-refractivity contribution < 1.29 is 90.0 Å². The van der Waals surface area contributed by atoms with Crippen molar-refractivity contribution in [3.05, 3.63) is 86.0 Å². The van der Waals surface area contributed by atoms with Crippen LogP contribution in [0.25, 0.3) is 0 Å². The van der Waals surface area contributed by atoms with Crippen LogP contribution in [-0.2, 0) is 20.2 Å². The minimum Gasteiger partial charge on any atom is -0.744 e. The minimum absolute atomic E-state index is 0. The molecule has 0 aliphatic rings. The van der Waals surface area contributed by atoms with Crippen LogP contribution in [0.5, 0.6) is 0 Å². The van der Waals surface area contributed by atoms with Crippen LogP contribution in [0.15, 0.2) is 91.9 Å².